The van der Waals surface area contributed by atoms with Gasteiger partial charge in [-0.3, -0.25) is 10.8 Å². The summed E-state index contributed by atoms with van der Waals surface area (Å²) >= 11 is 1.01. The summed E-state index contributed by atoms with van der Waals surface area (Å²) in [5.41, 5.74) is 9.54. The molecule has 0 amide bonds. The van der Waals surface area contributed by atoms with Gasteiger partial charge in [0.05, 0.1) is 25.5 Å². The maximum absolute atomic E-state index is 14.5. The molecule has 188 valence electrons. The van der Waals surface area contributed by atoms with Crippen LogP contribution in [0.25, 0.3) is 0 Å². The second kappa shape index (κ2) is 10.1. The Morgan fingerprint density at radius 3 is 2.64 bits per heavy atom. The molecule has 0 saturated heterocycles. The Bertz CT molecular complexity index is 1350. The smallest absolute Gasteiger partial charge is 0.348 e. The number of nitrogens with zero attached hydrogens (tertiary/aromatic N) is 2. The predicted octanol–water partition coefficient (Wildman–Crippen LogP) is 2.74. The van der Waals surface area contributed by atoms with E-state index in [1.807, 2.05) is 0 Å². The van der Waals surface area contributed by atoms with Gasteiger partial charge in [-0.25, -0.2) is 19.2 Å². The van der Waals surface area contributed by atoms with Crippen LogP contribution in [0.5, 0.6) is 11.5 Å². The highest BCUT2D eigenvalue weighted by Gasteiger charge is 2.33. The number of methoxy groups -OCH3 is 2. The molecule has 3 aromatic rings. The van der Waals surface area contributed by atoms with E-state index in [2.05, 4.69) is 15.7 Å². The number of nitrogens with one attached hydrogen (secondary N) is 3. The lowest BCUT2D eigenvalue weighted by atomic mass is 10.0. The fourth-order valence-corrected chi connectivity index (χ4v) is 4.42. The molecule has 2 heterocycles. The summed E-state index contributed by atoms with van der Waals surface area (Å²) in [6.45, 7) is 0. The SMILES string of the molecule is COc1ccc(C(Nc2ccc(C(=N)N)c(F)c2)C2=NC(O)N(c3ccsc3C(=O)O)N2)cc1OC. The Kier molecular flexibility index (Phi) is 6.94. The molecular weight excluding hydrogens is 491 g/mol. The minimum atomic E-state index is -1.42. The molecule has 2 aromatic carbocycles. The molecule has 0 bridgehead atoms. The van der Waals surface area contributed by atoms with Gasteiger partial charge in [-0.15, -0.1) is 11.3 Å². The number of nitrogen functional groups attached to an aromatic ring is 1. The van der Waals surface area contributed by atoms with Crippen molar-refractivity contribution in [3.63, 3.8) is 0 Å². The third-order valence-corrected chi connectivity index (χ3v) is 6.29. The number of aliphatic imine (C=N–C) groups is 1. The van der Waals surface area contributed by atoms with Crippen molar-refractivity contribution >= 4 is 40.4 Å². The van der Waals surface area contributed by atoms with Crippen molar-refractivity contribution < 1.29 is 28.9 Å². The molecule has 1 aliphatic rings. The van der Waals surface area contributed by atoms with E-state index >= 15 is 0 Å². The van der Waals surface area contributed by atoms with Gasteiger partial charge in [0.15, 0.2) is 11.5 Å². The first kappa shape index (κ1) is 24.8. The van der Waals surface area contributed by atoms with Gasteiger partial charge in [-0.2, -0.15) is 0 Å². The number of carbonyl (C=O) groups is 1. The zero-order valence-corrected chi connectivity index (χ0v) is 20.0. The van der Waals surface area contributed by atoms with Crippen LogP contribution in [0, 0.1) is 11.2 Å². The first-order chi connectivity index (χ1) is 17.2. The summed E-state index contributed by atoms with van der Waals surface area (Å²) in [4.78, 5) is 15.9. The quantitative estimate of drug-likeness (QED) is 0.186. The third-order valence-electron chi connectivity index (χ3n) is 5.40. The van der Waals surface area contributed by atoms with Crippen molar-refractivity contribution in [2.45, 2.75) is 12.4 Å². The second-order valence-corrected chi connectivity index (χ2v) is 8.50. The van der Waals surface area contributed by atoms with Crippen LogP contribution in [0.4, 0.5) is 15.8 Å². The van der Waals surface area contributed by atoms with Crippen LogP contribution in [0.1, 0.15) is 26.8 Å². The molecule has 1 aliphatic heterocycles. The van der Waals surface area contributed by atoms with Crippen LogP contribution < -0.4 is 31.0 Å². The Morgan fingerprint density at radius 1 is 1.25 bits per heavy atom. The summed E-state index contributed by atoms with van der Waals surface area (Å²) < 4.78 is 25.3. The van der Waals surface area contributed by atoms with Gasteiger partial charge >= 0.3 is 5.97 Å². The second-order valence-electron chi connectivity index (χ2n) is 7.58. The monoisotopic (exact) mass is 514 g/mol. The van der Waals surface area contributed by atoms with Gasteiger partial charge in [0.1, 0.15) is 28.4 Å². The number of aliphatic hydroxyl groups is 1. The van der Waals surface area contributed by atoms with Crippen molar-refractivity contribution in [1.29, 1.82) is 5.41 Å². The molecule has 13 heteroatoms. The molecule has 0 radical (unpaired) electrons. The molecule has 4 rings (SSSR count). The van der Waals surface area contributed by atoms with Crippen LogP contribution in [0.3, 0.4) is 0 Å². The highest BCUT2D eigenvalue weighted by Crippen LogP contribution is 2.34. The molecule has 7 N–H and O–H groups in total. The number of aliphatic hydroxyl groups excluding tert-OH is 1. The van der Waals surface area contributed by atoms with E-state index in [9.17, 15) is 19.4 Å². The number of carboxylic acid groups (broad SMARTS) is 1. The number of amidine groups is 2. The maximum Gasteiger partial charge on any atom is 0.348 e. The van der Waals surface area contributed by atoms with Crippen LogP contribution in [0.15, 0.2) is 52.8 Å². The molecular formula is C23H23FN6O5S. The van der Waals surface area contributed by atoms with E-state index in [-0.39, 0.29) is 22.0 Å². The van der Waals surface area contributed by atoms with E-state index in [0.717, 1.165) is 11.3 Å². The highest BCUT2D eigenvalue weighted by molar-refractivity contribution is 7.12. The first-order valence-corrected chi connectivity index (χ1v) is 11.4. The van der Waals surface area contributed by atoms with Crippen molar-refractivity contribution in [2.24, 2.45) is 10.7 Å². The number of anilines is 2. The Labute approximate surface area is 209 Å². The number of nitrogens with two attached hydrogens (primary N) is 1. The molecule has 11 nitrogen and oxygen atoms in total. The van der Waals surface area contributed by atoms with E-state index < -0.39 is 30.0 Å². The minimum Gasteiger partial charge on any atom is -0.493 e. The molecule has 0 fully saturated rings. The maximum atomic E-state index is 14.5. The fourth-order valence-electron chi connectivity index (χ4n) is 3.70. The van der Waals surface area contributed by atoms with Gasteiger partial charge in [0.2, 0.25) is 6.35 Å². The molecule has 0 aliphatic carbocycles. The fraction of sp³-hybridized carbons (Fsp3) is 0.174. The standard InChI is InChI=1S/C23H23FN6O5S/c1-34-16-6-3-11(9-17(16)35-2)18(27-12-4-5-13(20(25)26)14(24)10-12)21-28-23(33)30(29-21)15-7-8-36-19(15)22(31)32/h3-10,18,23,27,33H,1-2H3,(H3,25,26)(H,28,29)(H,31,32). The summed E-state index contributed by atoms with van der Waals surface area (Å²) in [5.74, 6) is -1.08. The van der Waals surface area contributed by atoms with E-state index in [1.165, 1.54) is 31.4 Å². The molecule has 0 spiro atoms. The lowest BCUT2D eigenvalue weighted by molar-refractivity contribution is 0.0702. The Hall–Kier alpha value is -4.36. The molecule has 1 aromatic heterocycles. The zero-order valence-electron chi connectivity index (χ0n) is 19.2. The molecule has 2 atom stereocenters. The Balaban J connectivity index is 1.72. The summed E-state index contributed by atoms with van der Waals surface area (Å²) in [6, 6.07) is 10.0. The Morgan fingerprint density at radius 2 is 2.00 bits per heavy atom. The number of benzene rings is 2. The number of halogens is 1. The van der Waals surface area contributed by atoms with Crippen molar-refractivity contribution in [3.8, 4) is 11.5 Å². The number of rotatable bonds is 9. The molecule has 2 unspecified atom stereocenters. The number of hydrogen-bond acceptors (Lipinski definition) is 10. The van der Waals surface area contributed by atoms with Crippen LogP contribution in [-0.2, 0) is 0 Å². The number of ether oxygens (including phenoxy) is 2. The average molecular weight is 515 g/mol. The third kappa shape index (κ3) is 4.74. The number of carboxylic acids is 1. The van der Waals surface area contributed by atoms with Gasteiger partial charge in [0, 0.05) is 5.69 Å². The highest BCUT2D eigenvalue weighted by atomic mass is 32.1. The van der Waals surface area contributed by atoms with Crippen LogP contribution >= 0.6 is 11.3 Å². The molecule has 0 saturated carbocycles. The topological polar surface area (TPSA) is 166 Å². The summed E-state index contributed by atoms with van der Waals surface area (Å²) in [7, 11) is 2.99. The predicted molar refractivity (Wildman–Crippen MR) is 134 cm³/mol. The van der Waals surface area contributed by atoms with Crippen molar-refractivity contribution in [2.75, 3.05) is 24.5 Å². The van der Waals surface area contributed by atoms with Crippen molar-refractivity contribution in [3.05, 3.63) is 69.7 Å². The summed E-state index contributed by atoms with van der Waals surface area (Å²) in [6.07, 6.45) is -1.42. The minimum absolute atomic E-state index is 0.0236. The molecule has 36 heavy (non-hydrogen) atoms. The number of hydrazine groups is 1. The van der Waals surface area contributed by atoms with Gasteiger partial charge in [-0.1, -0.05) is 6.07 Å². The van der Waals surface area contributed by atoms with E-state index in [0.29, 0.717) is 22.7 Å². The number of hydrogen-bond donors (Lipinski definition) is 6. The lowest BCUT2D eigenvalue weighted by Gasteiger charge is -2.25. The normalized spacial score (nSPS) is 15.6. The van der Waals surface area contributed by atoms with Gasteiger partial charge in [0.25, 0.3) is 0 Å². The van der Waals surface area contributed by atoms with Gasteiger partial charge in [-0.05, 0) is 47.3 Å². The van der Waals surface area contributed by atoms with E-state index in [1.54, 1.807) is 35.7 Å². The zero-order chi connectivity index (χ0) is 26.0. The van der Waals surface area contributed by atoms with E-state index in [4.69, 9.17) is 20.6 Å². The number of aromatic carboxylic acids is 1. The lowest BCUT2D eigenvalue weighted by Crippen LogP contribution is -2.44. The first-order valence-electron chi connectivity index (χ1n) is 10.5. The van der Waals surface area contributed by atoms with Crippen molar-refractivity contribution in [1.82, 2.24) is 5.43 Å². The largest absolute Gasteiger partial charge is 0.493 e. The summed E-state index contributed by atoms with van der Waals surface area (Å²) in [5, 5.41) is 33.6. The average Bonchev–Trinajstić information content (AvgIpc) is 3.48. The van der Waals surface area contributed by atoms with Gasteiger partial charge < -0.3 is 30.7 Å². The van der Waals surface area contributed by atoms with Crippen LogP contribution in [-0.4, -0.2) is 48.4 Å². The van der Waals surface area contributed by atoms with Crippen LogP contribution in [0.2, 0.25) is 0 Å². The number of thiophene rings is 1.